The highest BCUT2D eigenvalue weighted by Gasteiger charge is 2.08. The second-order valence-corrected chi connectivity index (χ2v) is 7.22. The van der Waals surface area contributed by atoms with Crippen molar-refractivity contribution in [2.75, 3.05) is 11.1 Å². The minimum atomic E-state index is 0.740. The van der Waals surface area contributed by atoms with Crippen molar-refractivity contribution in [3.63, 3.8) is 0 Å². The average Bonchev–Trinajstić information content (AvgIpc) is 2.75. The Labute approximate surface area is 136 Å². The average molecular weight is 362 g/mol. The standard InChI is InChI=1S/C16H16BrN3S/c1-8-4-11(5-9(2)16(8)17)20-13-7-14-15(6-12(13)18)21-10(3)19-14/h4-7,20H,18H2,1-3H3. The molecule has 3 N–H and O–H groups in total. The van der Waals surface area contributed by atoms with Gasteiger partial charge in [-0.2, -0.15) is 0 Å². The monoisotopic (exact) mass is 361 g/mol. The Morgan fingerprint density at radius 1 is 1.10 bits per heavy atom. The molecule has 5 heteroatoms. The predicted octanol–water partition coefficient (Wildman–Crippen LogP) is 5.31. The highest BCUT2D eigenvalue weighted by atomic mass is 79.9. The number of nitrogens with zero attached hydrogens (tertiary/aromatic N) is 1. The first-order valence-corrected chi connectivity index (χ1v) is 8.25. The third kappa shape index (κ3) is 2.76. The predicted molar refractivity (Wildman–Crippen MR) is 95.7 cm³/mol. The van der Waals surface area contributed by atoms with Gasteiger partial charge in [0.1, 0.15) is 0 Å². The number of nitrogens with one attached hydrogen (secondary N) is 1. The molecular weight excluding hydrogens is 346 g/mol. The van der Waals surface area contributed by atoms with Crippen LogP contribution in [0.2, 0.25) is 0 Å². The van der Waals surface area contributed by atoms with E-state index in [0.29, 0.717) is 0 Å². The van der Waals surface area contributed by atoms with Crippen molar-refractivity contribution in [1.82, 2.24) is 4.98 Å². The van der Waals surface area contributed by atoms with E-state index in [4.69, 9.17) is 5.73 Å². The van der Waals surface area contributed by atoms with Crippen molar-refractivity contribution in [1.29, 1.82) is 0 Å². The number of hydrogen-bond donors (Lipinski definition) is 2. The molecule has 0 radical (unpaired) electrons. The number of aryl methyl sites for hydroxylation is 3. The summed E-state index contributed by atoms with van der Waals surface area (Å²) in [4.78, 5) is 4.52. The number of benzene rings is 2. The van der Waals surface area contributed by atoms with E-state index in [2.05, 4.69) is 52.2 Å². The molecule has 0 amide bonds. The largest absolute Gasteiger partial charge is 0.397 e. The number of rotatable bonds is 2. The third-order valence-electron chi connectivity index (χ3n) is 3.38. The summed E-state index contributed by atoms with van der Waals surface area (Å²) in [5.41, 5.74) is 12.2. The molecule has 21 heavy (non-hydrogen) atoms. The van der Waals surface area contributed by atoms with Gasteiger partial charge in [0.15, 0.2) is 0 Å². The van der Waals surface area contributed by atoms with E-state index in [1.165, 1.54) is 11.1 Å². The fourth-order valence-electron chi connectivity index (χ4n) is 2.39. The van der Waals surface area contributed by atoms with E-state index in [1.54, 1.807) is 11.3 Å². The Morgan fingerprint density at radius 2 is 1.76 bits per heavy atom. The smallest absolute Gasteiger partial charge is 0.0907 e. The van der Waals surface area contributed by atoms with Crippen molar-refractivity contribution >= 4 is 54.5 Å². The van der Waals surface area contributed by atoms with Gasteiger partial charge in [0.05, 0.1) is 26.6 Å². The summed E-state index contributed by atoms with van der Waals surface area (Å²) < 4.78 is 2.27. The van der Waals surface area contributed by atoms with Gasteiger partial charge in [-0.1, -0.05) is 15.9 Å². The van der Waals surface area contributed by atoms with Crippen molar-refractivity contribution < 1.29 is 0 Å². The summed E-state index contributed by atoms with van der Waals surface area (Å²) in [6.07, 6.45) is 0. The molecule has 0 aliphatic heterocycles. The summed E-state index contributed by atoms with van der Waals surface area (Å²) in [6, 6.07) is 8.21. The Kier molecular flexibility index (Phi) is 3.63. The van der Waals surface area contributed by atoms with Crippen molar-refractivity contribution in [2.24, 2.45) is 0 Å². The minimum Gasteiger partial charge on any atom is -0.397 e. The van der Waals surface area contributed by atoms with Crippen molar-refractivity contribution in [3.05, 3.63) is 44.9 Å². The van der Waals surface area contributed by atoms with E-state index in [1.807, 2.05) is 19.1 Å². The molecule has 1 heterocycles. The summed E-state index contributed by atoms with van der Waals surface area (Å²) in [6.45, 7) is 6.17. The fourth-order valence-corrected chi connectivity index (χ4v) is 3.47. The molecule has 0 atom stereocenters. The molecule has 1 aromatic heterocycles. The molecule has 3 rings (SSSR count). The number of anilines is 3. The van der Waals surface area contributed by atoms with E-state index >= 15 is 0 Å². The molecule has 3 nitrogen and oxygen atoms in total. The fraction of sp³-hybridized carbons (Fsp3) is 0.188. The lowest BCUT2D eigenvalue weighted by Gasteiger charge is -2.12. The zero-order chi connectivity index (χ0) is 15.1. The van der Waals surface area contributed by atoms with Gasteiger partial charge in [0.2, 0.25) is 0 Å². The molecule has 0 bridgehead atoms. The topological polar surface area (TPSA) is 50.9 Å². The zero-order valence-electron chi connectivity index (χ0n) is 12.1. The maximum atomic E-state index is 6.16. The van der Waals surface area contributed by atoms with Crippen molar-refractivity contribution in [2.45, 2.75) is 20.8 Å². The summed E-state index contributed by atoms with van der Waals surface area (Å²) in [5, 5.41) is 4.45. The van der Waals surface area contributed by atoms with Crippen LogP contribution < -0.4 is 11.1 Å². The first kappa shape index (κ1) is 14.4. The molecule has 0 saturated carbocycles. The second kappa shape index (κ2) is 5.31. The first-order valence-electron chi connectivity index (χ1n) is 6.64. The van der Waals surface area contributed by atoms with Crippen LogP contribution >= 0.6 is 27.3 Å². The summed E-state index contributed by atoms with van der Waals surface area (Å²) in [7, 11) is 0. The Balaban J connectivity index is 2.03. The van der Waals surface area contributed by atoms with E-state index in [-0.39, 0.29) is 0 Å². The number of aromatic nitrogens is 1. The molecule has 0 spiro atoms. The highest BCUT2D eigenvalue weighted by Crippen LogP contribution is 2.33. The number of nitrogens with two attached hydrogens (primary N) is 1. The molecule has 108 valence electrons. The van der Waals surface area contributed by atoms with E-state index in [9.17, 15) is 0 Å². The van der Waals surface area contributed by atoms with E-state index < -0.39 is 0 Å². The van der Waals surface area contributed by atoms with Gasteiger partial charge in [-0.3, -0.25) is 0 Å². The lowest BCUT2D eigenvalue weighted by atomic mass is 10.1. The number of hydrogen-bond acceptors (Lipinski definition) is 4. The SMILES string of the molecule is Cc1nc2cc(Nc3cc(C)c(Br)c(C)c3)c(N)cc2s1. The second-order valence-electron chi connectivity index (χ2n) is 5.19. The lowest BCUT2D eigenvalue weighted by molar-refractivity contribution is 1.33. The number of thiazole rings is 1. The van der Waals surface area contributed by atoms with E-state index in [0.717, 1.165) is 36.8 Å². The summed E-state index contributed by atoms with van der Waals surface area (Å²) in [5.74, 6) is 0. The molecule has 2 aromatic carbocycles. The molecule has 0 saturated heterocycles. The van der Waals surface area contributed by atoms with Crippen LogP contribution in [0.4, 0.5) is 17.1 Å². The van der Waals surface area contributed by atoms with Gasteiger partial charge in [-0.15, -0.1) is 11.3 Å². The van der Waals surface area contributed by atoms with Crippen LogP contribution in [0.1, 0.15) is 16.1 Å². The molecule has 0 aliphatic rings. The first-order chi connectivity index (χ1) is 9.94. The zero-order valence-corrected chi connectivity index (χ0v) is 14.5. The van der Waals surface area contributed by atoms with Gasteiger partial charge < -0.3 is 11.1 Å². The Morgan fingerprint density at radius 3 is 2.43 bits per heavy atom. The van der Waals surface area contributed by atoms with Crippen molar-refractivity contribution in [3.8, 4) is 0 Å². The van der Waals surface area contributed by atoms with Crippen LogP contribution in [0.5, 0.6) is 0 Å². The van der Waals surface area contributed by atoms with Gasteiger partial charge in [0, 0.05) is 10.2 Å². The van der Waals surface area contributed by atoms with Crippen LogP contribution in [0, 0.1) is 20.8 Å². The van der Waals surface area contributed by atoms with Gasteiger partial charge in [-0.05, 0) is 56.2 Å². The summed E-state index contributed by atoms with van der Waals surface area (Å²) >= 11 is 5.25. The Hall–Kier alpha value is -1.59. The van der Waals surface area contributed by atoms with Crippen LogP contribution in [0.15, 0.2) is 28.7 Å². The highest BCUT2D eigenvalue weighted by molar-refractivity contribution is 9.10. The number of nitrogen functional groups attached to an aromatic ring is 1. The maximum absolute atomic E-state index is 6.16. The number of halogens is 1. The lowest BCUT2D eigenvalue weighted by Crippen LogP contribution is -1.97. The normalized spacial score (nSPS) is 11.0. The minimum absolute atomic E-state index is 0.740. The maximum Gasteiger partial charge on any atom is 0.0907 e. The van der Waals surface area contributed by atoms with Crippen LogP contribution in [0.25, 0.3) is 10.2 Å². The van der Waals surface area contributed by atoms with Gasteiger partial charge in [-0.25, -0.2) is 4.98 Å². The molecule has 0 fully saturated rings. The van der Waals surface area contributed by atoms with Gasteiger partial charge >= 0.3 is 0 Å². The van der Waals surface area contributed by atoms with Crippen LogP contribution in [0.3, 0.4) is 0 Å². The Bertz CT molecular complexity index is 816. The third-order valence-corrected chi connectivity index (χ3v) is 5.57. The van der Waals surface area contributed by atoms with Gasteiger partial charge in [0.25, 0.3) is 0 Å². The molecule has 0 unspecified atom stereocenters. The number of fused-ring (bicyclic) bond motifs is 1. The molecule has 0 aliphatic carbocycles. The molecular formula is C16H16BrN3S. The molecule has 3 aromatic rings. The quantitative estimate of drug-likeness (QED) is 0.608. The van der Waals surface area contributed by atoms with Crippen LogP contribution in [-0.4, -0.2) is 4.98 Å². The van der Waals surface area contributed by atoms with Crippen LogP contribution in [-0.2, 0) is 0 Å².